The first kappa shape index (κ1) is 19.1. The van der Waals surface area contributed by atoms with E-state index >= 15 is 0 Å². The van der Waals surface area contributed by atoms with E-state index in [0.717, 1.165) is 38.5 Å². The molecule has 2 saturated carbocycles. The fourth-order valence-corrected chi connectivity index (χ4v) is 3.97. The Morgan fingerprint density at radius 2 is 1.38 bits per heavy atom. The van der Waals surface area contributed by atoms with Crippen LogP contribution in [0.25, 0.3) is 0 Å². The Morgan fingerprint density at radius 1 is 0.792 bits per heavy atom. The molecule has 2 atom stereocenters. The lowest BCUT2D eigenvalue weighted by atomic mass is 9.85. The molecule has 5 nitrogen and oxygen atoms in total. The Balaban J connectivity index is 1.75. The van der Waals surface area contributed by atoms with Crippen LogP contribution in [0.2, 0.25) is 0 Å². The van der Waals surface area contributed by atoms with Crippen LogP contribution in [-0.2, 0) is 4.79 Å². The molecular formula is C19H35N3O2. The van der Waals surface area contributed by atoms with Gasteiger partial charge in [-0.05, 0) is 46.0 Å². The van der Waals surface area contributed by atoms with Crippen molar-refractivity contribution in [3.05, 3.63) is 0 Å². The predicted octanol–water partition coefficient (Wildman–Crippen LogP) is 3.48. The van der Waals surface area contributed by atoms with E-state index in [9.17, 15) is 9.59 Å². The molecule has 2 fully saturated rings. The molecule has 0 aromatic heterocycles. The van der Waals surface area contributed by atoms with E-state index in [4.69, 9.17) is 0 Å². The molecule has 0 radical (unpaired) electrons. The highest BCUT2D eigenvalue weighted by atomic mass is 16.2. The summed E-state index contributed by atoms with van der Waals surface area (Å²) in [7, 11) is 0. The fraction of sp³-hybridized carbons (Fsp3) is 0.895. The quantitative estimate of drug-likeness (QED) is 0.735. The maximum Gasteiger partial charge on any atom is 0.315 e. The minimum Gasteiger partial charge on any atom is -0.354 e. The Hall–Kier alpha value is -1.26. The topological polar surface area (TPSA) is 70.2 Å². The van der Waals surface area contributed by atoms with Crippen molar-refractivity contribution in [2.75, 3.05) is 0 Å². The third-order valence-electron chi connectivity index (χ3n) is 5.25. The normalized spacial score (nSPS) is 26.3. The SMILES string of the molecule is CC(C)NC(=O)C1CCCC(NC(=O)NC2CCCCCCC2)C1. The largest absolute Gasteiger partial charge is 0.354 e. The van der Waals surface area contributed by atoms with Crippen LogP contribution < -0.4 is 16.0 Å². The van der Waals surface area contributed by atoms with E-state index < -0.39 is 0 Å². The molecule has 2 unspecified atom stereocenters. The van der Waals surface area contributed by atoms with Crippen LogP contribution >= 0.6 is 0 Å². The predicted molar refractivity (Wildman–Crippen MR) is 96.8 cm³/mol. The molecule has 0 aliphatic heterocycles. The van der Waals surface area contributed by atoms with Gasteiger partial charge in [0.05, 0.1) is 0 Å². The van der Waals surface area contributed by atoms with Gasteiger partial charge in [0, 0.05) is 24.0 Å². The molecule has 0 bridgehead atoms. The Kier molecular flexibility index (Phi) is 7.86. The van der Waals surface area contributed by atoms with Gasteiger partial charge in [-0.1, -0.05) is 38.5 Å². The zero-order chi connectivity index (χ0) is 17.4. The molecule has 5 heteroatoms. The van der Waals surface area contributed by atoms with Crippen LogP contribution in [0.1, 0.15) is 84.5 Å². The highest BCUT2D eigenvalue weighted by molar-refractivity contribution is 5.79. The molecule has 3 amide bonds. The molecule has 0 saturated heterocycles. The number of urea groups is 1. The number of amides is 3. The van der Waals surface area contributed by atoms with Crippen molar-refractivity contribution < 1.29 is 9.59 Å². The average Bonchev–Trinajstić information content (AvgIpc) is 2.49. The minimum atomic E-state index is -0.0458. The van der Waals surface area contributed by atoms with Crippen LogP contribution in [0.5, 0.6) is 0 Å². The maximum absolute atomic E-state index is 12.3. The highest BCUT2D eigenvalue weighted by Gasteiger charge is 2.28. The van der Waals surface area contributed by atoms with E-state index in [1.54, 1.807) is 0 Å². The lowest BCUT2D eigenvalue weighted by Crippen LogP contribution is -2.49. The third kappa shape index (κ3) is 6.70. The van der Waals surface area contributed by atoms with Gasteiger partial charge in [-0.2, -0.15) is 0 Å². The lowest BCUT2D eigenvalue weighted by Gasteiger charge is -2.30. The second kappa shape index (κ2) is 9.90. The van der Waals surface area contributed by atoms with Crippen LogP contribution in [-0.4, -0.2) is 30.1 Å². The van der Waals surface area contributed by atoms with Gasteiger partial charge in [-0.25, -0.2) is 4.79 Å². The lowest BCUT2D eigenvalue weighted by molar-refractivity contribution is -0.126. The number of carbonyl (C=O) groups excluding carboxylic acids is 2. The molecule has 0 aromatic rings. The van der Waals surface area contributed by atoms with Crippen molar-refractivity contribution in [3.8, 4) is 0 Å². The van der Waals surface area contributed by atoms with E-state index in [-0.39, 0.29) is 29.9 Å². The summed E-state index contributed by atoms with van der Waals surface area (Å²) in [6.07, 6.45) is 12.2. The standard InChI is InChI=1S/C19H35N3O2/c1-14(2)20-18(23)15-9-8-12-17(13-15)22-19(24)21-16-10-6-4-3-5-7-11-16/h14-17H,3-13H2,1-2H3,(H,20,23)(H2,21,22,24). The Bertz CT molecular complexity index is 403. The van der Waals surface area contributed by atoms with Gasteiger partial charge in [0.2, 0.25) is 5.91 Å². The van der Waals surface area contributed by atoms with E-state index in [1.807, 2.05) is 13.8 Å². The first-order valence-electron chi connectivity index (χ1n) is 9.92. The zero-order valence-electron chi connectivity index (χ0n) is 15.4. The van der Waals surface area contributed by atoms with Crippen molar-refractivity contribution in [1.82, 2.24) is 16.0 Å². The van der Waals surface area contributed by atoms with E-state index in [1.165, 1.54) is 32.1 Å². The molecule has 2 rings (SSSR count). The van der Waals surface area contributed by atoms with Crippen molar-refractivity contribution >= 4 is 11.9 Å². The number of hydrogen-bond donors (Lipinski definition) is 3. The number of hydrogen-bond acceptors (Lipinski definition) is 2. The molecule has 3 N–H and O–H groups in total. The molecule has 2 aliphatic rings. The zero-order valence-corrected chi connectivity index (χ0v) is 15.4. The Morgan fingerprint density at radius 3 is 2.04 bits per heavy atom. The third-order valence-corrected chi connectivity index (χ3v) is 5.25. The molecule has 0 aromatic carbocycles. The molecule has 24 heavy (non-hydrogen) atoms. The summed E-state index contributed by atoms with van der Waals surface area (Å²) >= 11 is 0. The number of carbonyl (C=O) groups is 2. The maximum atomic E-state index is 12.3. The summed E-state index contributed by atoms with van der Waals surface area (Å²) in [5, 5.41) is 9.27. The summed E-state index contributed by atoms with van der Waals surface area (Å²) in [4.78, 5) is 24.5. The minimum absolute atomic E-state index is 0.0350. The Labute approximate surface area is 146 Å². The first-order chi connectivity index (χ1) is 11.5. The smallest absolute Gasteiger partial charge is 0.315 e. The summed E-state index contributed by atoms with van der Waals surface area (Å²) in [6.45, 7) is 3.97. The first-order valence-corrected chi connectivity index (χ1v) is 9.92. The summed E-state index contributed by atoms with van der Waals surface area (Å²) in [5.41, 5.74) is 0. The van der Waals surface area contributed by atoms with Gasteiger partial charge in [0.1, 0.15) is 0 Å². The second-order valence-corrected chi connectivity index (χ2v) is 7.88. The summed E-state index contributed by atoms with van der Waals surface area (Å²) < 4.78 is 0. The van der Waals surface area contributed by atoms with Crippen molar-refractivity contribution in [1.29, 1.82) is 0 Å². The second-order valence-electron chi connectivity index (χ2n) is 7.88. The van der Waals surface area contributed by atoms with Crippen LogP contribution in [0.3, 0.4) is 0 Å². The van der Waals surface area contributed by atoms with Crippen LogP contribution in [0.15, 0.2) is 0 Å². The van der Waals surface area contributed by atoms with Crippen LogP contribution in [0, 0.1) is 5.92 Å². The van der Waals surface area contributed by atoms with Crippen LogP contribution in [0.4, 0.5) is 4.79 Å². The summed E-state index contributed by atoms with van der Waals surface area (Å²) in [6, 6.07) is 0.563. The fourth-order valence-electron chi connectivity index (χ4n) is 3.97. The van der Waals surface area contributed by atoms with Crippen molar-refractivity contribution in [2.24, 2.45) is 5.92 Å². The average molecular weight is 338 g/mol. The van der Waals surface area contributed by atoms with Gasteiger partial charge in [-0.3, -0.25) is 4.79 Å². The highest BCUT2D eigenvalue weighted by Crippen LogP contribution is 2.25. The molecular weight excluding hydrogens is 302 g/mol. The van der Waals surface area contributed by atoms with E-state index in [0.29, 0.717) is 6.04 Å². The van der Waals surface area contributed by atoms with Gasteiger partial charge in [0.15, 0.2) is 0 Å². The van der Waals surface area contributed by atoms with Gasteiger partial charge in [-0.15, -0.1) is 0 Å². The molecule has 2 aliphatic carbocycles. The van der Waals surface area contributed by atoms with Gasteiger partial charge >= 0.3 is 6.03 Å². The summed E-state index contributed by atoms with van der Waals surface area (Å²) in [5.74, 6) is 0.171. The van der Waals surface area contributed by atoms with Gasteiger partial charge in [0.25, 0.3) is 0 Å². The molecule has 0 heterocycles. The molecule has 0 spiro atoms. The molecule has 138 valence electrons. The number of nitrogens with one attached hydrogen (secondary N) is 3. The van der Waals surface area contributed by atoms with Crippen molar-refractivity contribution in [3.63, 3.8) is 0 Å². The monoisotopic (exact) mass is 337 g/mol. The van der Waals surface area contributed by atoms with Gasteiger partial charge < -0.3 is 16.0 Å². The van der Waals surface area contributed by atoms with E-state index in [2.05, 4.69) is 16.0 Å². The van der Waals surface area contributed by atoms with Crippen molar-refractivity contribution in [2.45, 2.75) is 103 Å². The number of rotatable bonds is 4.